The molecule has 2 aromatic rings. The summed E-state index contributed by atoms with van der Waals surface area (Å²) >= 11 is 0. The van der Waals surface area contributed by atoms with Crippen molar-refractivity contribution in [3.05, 3.63) is 53.3 Å². The standard InChI is InChI=1S/C22H27FN4O4S/c1-24-21(28)17-13-15(7-9-19(17)23)25-22(29)18-14-16(32(30,31)26(2)3)8-10-20(18)27-11-5-4-6-12-27/h7-10,13-14H,4-6,11-12H2,1-3H3,(H,24,28)(H,25,29). The van der Waals surface area contributed by atoms with Crippen molar-refractivity contribution < 1.29 is 22.4 Å². The van der Waals surface area contributed by atoms with Gasteiger partial charge in [-0.05, 0) is 55.7 Å². The lowest BCUT2D eigenvalue weighted by molar-refractivity contribution is 0.0957. The second-order valence-electron chi connectivity index (χ2n) is 7.74. The maximum absolute atomic E-state index is 14.0. The zero-order chi connectivity index (χ0) is 23.5. The topological polar surface area (TPSA) is 98.8 Å². The quantitative estimate of drug-likeness (QED) is 0.688. The van der Waals surface area contributed by atoms with Crippen LogP contribution in [-0.2, 0) is 10.0 Å². The normalized spacial score (nSPS) is 14.3. The number of piperidine rings is 1. The Bertz CT molecular complexity index is 1130. The minimum absolute atomic E-state index is 0.00133. The molecule has 3 rings (SSSR count). The summed E-state index contributed by atoms with van der Waals surface area (Å²) in [5.74, 6) is -1.88. The van der Waals surface area contributed by atoms with Gasteiger partial charge in [-0.1, -0.05) is 0 Å². The fourth-order valence-corrected chi connectivity index (χ4v) is 4.52. The molecule has 0 aliphatic carbocycles. The lowest BCUT2D eigenvalue weighted by atomic mass is 10.1. The summed E-state index contributed by atoms with van der Waals surface area (Å²) in [5, 5.41) is 5.02. The molecule has 2 aromatic carbocycles. The predicted octanol–water partition coefficient (Wildman–Crippen LogP) is 2.68. The molecule has 1 fully saturated rings. The Morgan fingerprint density at radius 2 is 1.66 bits per heavy atom. The average Bonchev–Trinajstić information content (AvgIpc) is 2.79. The van der Waals surface area contributed by atoms with Crippen LogP contribution in [0.2, 0.25) is 0 Å². The third-order valence-electron chi connectivity index (χ3n) is 5.38. The van der Waals surface area contributed by atoms with E-state index in [4.69, 9.17) is 0 Å². The van der Waals surface area contributed by atoms with Crippen LogP contribution in [0, 0.1) is 5.82 Å². The summed E-state index contributed by atoms with van der Waals surface area (Å²) in [6.07, 6.45) is 3.06. The van der Waals surface area contributed by atoms with Gasteiger partial charge in [0, 0.05) is 45.6 Å². The fourth-order valence-electron chi connectivity index (χ4n) is 3.59. The van der Waals surface area contributed by atoms with Gasteiger partial charge in [0.05, 0.1) is 16.0 Å². The minimum atomic E-state index is -3.75. The van der Waals surface area contributed by atoms with Crippen molar-refractivity contribution in [2.75, 3.05) is 44.4 Å². The van der Waals surface area contributed by atoms with Crippen LogP contribution in [0.4, 0.5) is 15.8 Å². The van der Waals surface area contributed by atoms with Gasteiger partial charge in [-0.3, -0.25) is 9.59 Å². The molecule has 0 bridgehead atoms. The second kappa shape index (κ2) is 9.66. The van der Waals surface area contributed by atoms with E-state index in [0.717, 1.165) is 42.7 Å². The van der Waals surface area contributed by atoms with Crippen molar-refractivity contribution in [1.82, 2.24) is 9.62 Å². The fraction of sp³-hybridized carbons (Fsp3) is 0.364. The molecule has 1 aliphatic rings. The summed E-state index contributed by atoms with van der Waals surface area (Å²) in [4.78, 5) is 27.2. The molecule has 0 aromatic heterocycles. The molecule has 0 atom stereocenters. The monoisotopic (exact) mass is 462 g/mol. The molecule has 1 saturated heterocycles. The Labute approximate surface area is 187 Å². The SMILES string of the molecule is CNC(=O)c1cc(NC(=O)c2cc(S(=O)(=O)N(C)C)ccc2N2CCCCC2)ccc1F. The Morgan fingerprint density at radius 1 is 0.969 bits per heavy atom. The van der Waals surface area contributed by atoms with Gasteiger partial charge in [-0.15, -0.1) is 0 Å². The molecule has 10 heteroatoms. The van der Waals surface area contributed by atoms with Gasteiger partial charge in [-0.2, -0.15) is 0 Å². The Kier molecular flexibility index (Phi) is 7.15. The van der Waals surface area contributed by atoms with Crippen LogP contribution in [0.5, 0.6) is 0 Å². The Morgan fingerprint density at radius 3 is 2.28 bits per heavy atom. The molecule has 2 amide bonds. The first-order valence-electron chi connectivity index (χ1n) is 10.3. The van der Waals surface area contributed by atoms with Gasteiger partial charge in [0.15, 0.2) is 0 Å². The van der Waals surface area contributed by atoms with E-state index < -0.39 is 27.7 Å². The first-order chi connectivity index (χ1) is 15.1. The number of halogens is 1. The third kappa shape index (κ3) is 4.91. The van der Waals surface area contributed by atoms with Gasteiger partial charge < -0.3 is 15.5 Å². The van der Waals surface area contributed by atoms with E-state index in [1.54, 1.807) is 6.07 Å². The van der Waals surface area contributed by atoms with Crippen LogP contribution in [0.1, 0.15) is 40.0 Å². The van der Waals surface area contributed by atoms with Gasteiger partial charge in [0.1, 0.15) is 5.82 Å². The van der Waals surface area contributed by atoms with E-state index in [9.17, 15) is 22.4 Å². The number of amides is 2. The maximum atomic E-state index is 14.0. The van der Waals surface area contributed by atoms with E-state index in [0.29, 0.717) is 5.69 Å². The molecule has 172 valence electrons. The van der Waals surface area contributed by atoms with Crippen molar-refractivity contribution in [1.29, 1.82) is 0 Å². The number of benzene rings is 2. The van der Waals surface area contributed by atoms with Crippen LogP contribution < -0.4 is 15.5 Å². The number of carbonyl (C=O) groups is 2. The van der Waals surface area contributed by atoms with E-state index in [-0.39, 0.29) is 21.7 Å². The highest BCUT2D eigenvalue weighted by atomic mass is 32.2. The first-order valence-corrected chi connectivity index (χ1v) is 11.7. The number of carbonyl (C=O) groups excluding carboxylic acids is 2. The lowest BCUT2D eigenvalue weighted by Crippen LogP contribution is -2.32. The van der Waals surface area contributed by atoms with E-state index in [1.165, 1.54) is 45.4 Å². The van der Waals surface area contributed by atoms with Crippen LogP contribution in [0.3, 0.4) is 0 Å². The third-order valence-corrected chi connectivity index (χ3v) is 7.19. The summed E-state index contributed by atoms with van der Waals surface area (Å²) in [7, 11) is 0.482. The minimum Gasteiger partial charge on any atom is -0.371 e. The highest BCUT2D eigenvalue weighted by molar-refractivity contribution is 7.89. The van der Waals surface area contributed by atoms with Gasteiger partial charge in [0.25, 0.3) is 11.8 Å². The first kappa shape index (κ1) is 23.7. The van der Waals surface area contributed by atoms with Crippen LogP contribution >= 0.6 is 0 Å². The number of nitrogens with one attached hydrogen (secondary N) is 2. The Hall–Kier alpha value is -2.98. The molecule has 8 nitrogen and oxygen atoms in total. The number of hydrogen-bond acceptors (Lipinski definition) is 5. The smallest absolute Gasteiger partial charge is 0.257 e. The number of anilines is 2. The average molecular weight is 463 g/mol. The van der Waals surface area contributed by atoms with Crippen molar-refractivity contribution in [2.24, 2.45) is 0 Å². The number of rotatable bonds is 6. The summed E-state index contributed by atoms with van der Waals surface area (Å²) in [6, 6.07) is 8.19. The summed E-state index contributed by atoms with van der Waals surface area (Å²) in [5.41, 5.74) is 0.847. The van der Waals surface area contributed by atoms with Crippen LogP contribution in [-0.4, -0.2) is 58.8 Å². The van der Waals surface area contributed by atoms with Crippen LogP contribution in [0.15, 0.2) is 41.3 Å². The maximum Gasteiger partial charge on any atom is 0.257 e. The molecular formula is C22H27FN4O4S. The van der Waals surface area contributed by atoms with E-state index >= 15 is 0 Å². The Balaban J connectivity index is 2.01. The molecule has 0 spiro atoms. The van der Waals surface area contributed by atoms with Gasteiger partial charge >= 0.3 is 0 Å². The molecule has 0 radical (unpaired) electrons. The second-order valence-corrected chi connectivity index (χ2v) is 9.89. The largest absolute Gasteiger partial charge is 0.371 e. The lowest BCUT2D eigenvalue weighted by Gasteiger charge is -2.30. The van der Waals surface area contributed by atoms with Gasteiger partial charge in [0.2, 0.25) is 10.0 Å². The van der Waals surface area contributed by atoms with Gasteiger partial charge in [-0.25, -0.2) is 17.1 Å². The number of nitrogens with zero attached hydrogens (tertiary/aromatic N) is 2. The molecule has 2 N–H and O–H groups in total. The van der Waals surface area contributed by atoms with Crippen LogP contribution in [0.25, 0.3) is 0 Å². The summed E-state index contributed by atoms with van der Waals surface area (Å²) in [6.45, 7) is 1.52. The number of hydrogen-bond donors (Lipinski definition) is 2. The molecule has 1 aliphatic heterocycles. The van der Waals surface area contributed by atoms with Crippen molar-refractivity contribution in [2.45, 2.75) is 24.2 Å². The van der Waals surface area contributed by atoms with Crippen molar-refractivity contribution in [3.8, 4) is 0 Å². The van der Waals surface area contributed by atoms with E-state index in [2.05, 4.69) is 15.5 Å². The molecule has 0 unspecified atom stereocenters. The molecule has 1 heterocycles. The van der Waals surface area contributed by atoms with Crippen molar-refractivity contribution in [3.63, 3.8) is 0 Å². The molecular weight excluding hydrogens is 435 g/mol. The zero-order valence-corrected chi connectivity index (χ0v) is 19.1. The molecule has 32 heavy (non-hydrogen) atoms. The number of sulfonamides is 1. The van der Waals surface area contributed by atoms with Crippen molar-refractivity contribution >= 4 is 33.2 Å². The highest BCUT2D eigenvalue weighted by Gasteiger charge is 2.24. The molecule has 0 saturated carbocycles. The highest BCUT2D eigenvalue weighted by Crippen LogP contribution is 2.29. The predicted molar refractivity (Wildman–Crippen MR) is 121 cm³/mol. The zero-order valence-electron chi connectivity index (χ0n) is 18.3. The summed E-state index contributed by atoms with van der Waals surface area (Å²) < 4.78 is 40.3. The van der Waals surface area contributed by atoms with E-state index in [1.807, 2.05) is 0 Å².